The molecule has 0 heterocycles. The standard InChI is InChI=1S/C15H13BrClNO2/c1-10-6-7-13(16)12(8-10)14(17)9-11-4-2-3-5-15(11)18(19)20/h2-8,14H,9H2,1H3. The van der Waals surface area contributed by atoms with Crippen LogP contribution in [0.2, 0.25) is 0 Å². The molecule has 2 aromatic rings. The van der Waals surface area contributed by atoms with Crippen LogP contribution in [0.1, 0.15) is 22.1 Å². The number of halogens is 2. The van der Waals surface area contributed by atoms with Crippen molar-refractivity contribution in [3.8, 4) is 0 Å². The second kappa shape index (κ2) is 6.37. The summed E-state index contributed by atoms with van der Waals surface area (Å²) in [4.78, 5) is 10.6. The average molecular weight is 355 g/mol. The fourth-order valence-electron chi connectivity index (χ4n) is 2.07. The molecular formula is C15H13BrClNO2. The monoisotopic (exact) mass is 353 g/mol. The predicted octanol–water partition coefficient (Wildman–Crippen LogP) is 5.19. The van der Waals surface area contributed by atoms with E-state index < -0.39 is 0 Å². The Labute approximate surface area is 130 Å². The summed E-state index contributed by atoms with van der Waals surface area (Å²) in [7, 11) is 0. The molecule has 1 atom stereocenters. The fraction of sp³-hybridized carbons (Fsp3) is 0.200. The van der Waals surface area contributed by atoms with Crippen LogP contribution in [-0.4, -0.2) is 4.92 Å². The lowest BCUT2D eigenvalue weighted by Gasteiger charge is -2.13. The van der Waals surface area contributed by atoms with Gasteiger partial charge in [0.15, 0.2) is 0 Å². The number of nitro benzene ring substituents is 1. The summed E-state index contributed by atoms with van der Waals surface area (Å²) in [6.07, 6.45) is 0.417. The van der Waals surface area contributed by atoms with Crippen molar-refractivity contribution >= 4 is 33.2 Å². The number of hydrogen-bond acceptors (Lipinski definition) is 2. The first-order valence-corrected chi connectivity index (χ1v) is 7.34. The summed E-state index contributed by atoms with van der Waals surface area (Å²) in [5.41, 5.74) is 2.81. The molecule has 1 unspecified atom stereocenters. The first kappa shape index (κ1) is 15.0. The minimum absolute atomic E-state index is 0.113. The number of aryl methyl sites for hydroxylation is 1. The molecule has 0 spiro atoms. The van der Waals surface area contributed by atoms with Crippen molar-refractivity contribution in [1.29, 1.82) is 0 Å². The number of benzene rings is 2. The Morgan fingerprint density at radius 3 is 2.70 bits per heavy atom. The quantitative estimate of drug-likeness (QED) is 0.431. The fourth-order valence-corrected chi connectivity index (χ4v) is 3.07. The van der Waals surface area contributed by atoms with E-state index in [1.807, 2.05) is 25.1 Å². The van der Waals surface area contributed by atoms with Crippen LogP contribution in [0.15, 0.2) is 46.9 Å². The molecule has 0 fully saturated rings. The smallest absolute Gasteiger partial charge is 0.258 e. The zero-order valence-corrected chi connectivity index (χ0v) is 13.2. The molecule has 0 aromatic heterocycles. The van der Waals surface area contributed by atoms with E-state index in [1.54, 1.807) is 18.2 Å². The summed E-state index contributed by atoms with van der Waals surface area (Å²) in [6.45, 7) is 1.99. The highest BCUT2D eigenvalue weighted by Gasteiger charge is 2.18. The van der Waals surface area contributed by atoms with Gasteiger partial charge in [0.1, 0.15) is 0 Å². The van der Waals surface area contributed by atoms with Crippen LogP contribution >= 0.6 is 27.5 Å². The number of nitro groups is 1. The van der Waals surface area contributed by atoms with Crippen molar-refractivity contribution in [3.63, 3.8) is 0 Å². The van der Waals surface area contributed by atoms with E-state index in [1.165, 1.54) is 6.07 Å². The number of hydrogen-bond donors (Lipinski definition) is 0. The van der Waals surface area contributed by atoms with Gasteiger partial charge in [0.25, 0.3) is 5.69 Å². The van der Waals surface area contributed by atoms with E-state index in [-0.39, 0.29) is 16.0 Å². The normalized spacial score (nSPS) is 12.2. The van der Waals surface area contributed by atoms with Gasteiger partial charge < -0.3 is 0 Å². The first-order valence-electron chi connectivity index (χ1n) is 6.11. The van der Waals surface area contributed by atoms with Gasteiger partial charge >= 0.3 is 0 Å². The van der Waals surface area contributed by atoms with Gasteiger partial charge in [0.05, 0.1) is 10.3 Å². The zero-order chi connectivity index (χ0) is 14.7. The Hall–Kier alpha value is -1.39. The van der Waals surface area contributed by atoms with Gasteiger partial charge in [-0.2, -0.15) is 0 Å². The lowest BCUT2D eigenvalue weighted by Crippen LogP contribution is -2.01. The largest absolute Gasteiger partial charge is 0.272 e. The zero-order valence-electron chi connectivity index (χ0n) is 10.8. The average Bonchev–Trinajstić information content (AvgIpc) is 2.41. The van der Waals surface area contributed by atoms with Crippen molar-refractivity contribution < 1.29 is 4.92 Å². The van der Waals surface area contributed by atoms with Crippen LogP contribution in [0.5, 0.6) is 0 Å². The van der Waals surface area contributed by atoms with Crippen molar-refractivity contribution in [2.45, 2.75) is 18.7 Å². The third-order valence-corrected chi connectivity index (χ3v) is 4.19. The Morgan fingerprint density at radius 2 is 2.00 bits per heavy atom. The van der Waals surface area contributed by atoms with Crippen LogP contribution in [0.25, 0.3) is 0 Å². The molecule has 3 nitrogen and oxygen atoms in total. The highest BCUT2D eigenvalue weighted by molar-refractivity contribution is 9.10. The van der Waals surface area contributed by atoms with Crippen LogP contribution < -0.4 is 0 Å². The molecular weight excluding hydrogens is 342 g/mol. The van der Waals surface area contributed by atoms with E-state index in [9.17, 15) is 10.1 Å². The molecule has 0 N–H and O–H groups in total. The molecule has 0 radical (unpaired) electrons. The maximum absolute atomic E-state index is 11.0. The van der Waals surface area contributed by atoms with Gasteiger partial charge in [-0.25, -0.2) is 0 Å². The molecule has 0 amide bonds. The molecule has 0 aliphatic heterocycles. The van der Waals surface area contributed by atoms with E-state index in [0.717, 1.165) is 15.6 Å². The number of nitrogens with zero attached hydrogens (tertiary/aromatic N) is 1. The predicted molar refractivity (Wildman–Crippen MR) is 84.3 cm³/mol. The van der Waals surface area contributed by atoms with Crippen LogP contribution in [-0.2, 0) is 6.42 Å². The van der Waals surface area contributed by atoms with E-state index in [0.29, 0.717) is 12.0 Å². The van der Waals surface area contributed by atoms with Gasteiger partial charge in [0.2, 0.25) is 0 Å². The third kappa shape index (κ3) is 3.38. The van der Waals surface area contributed by atoms with E-state index in [4.69, 9.17) is 11.6 Å². The van der Waals surface area contributed by atoms with Crippen molar-refractivity contribution in [1.82, 2.24) is 0 Å². The molecule has 0 aliphatic rings. The SMILES string of the molecule is Cc1ccc(Br)c(C(Cl)Cc2ccccc2[N+](=O)[O-])c1. The summed E-state index contributed by atoms with van der Waals surface area (Å²) in [6, 6.07) is 12.6. The van der Waals surface area contributed by atoms with Crippen molar-refractivity contribution in [3.05, 3.63) is 73.7 Å². The molecule has 2 rings (SSSR count). The molecule has 20 heavy (non-hydrogen) atoms. The number of para-hydroxylation sites is 1. The van der Waals surface area contributed by atoms with Crippen molar-refractivity contribution in [2.75, 3.05) is 0 Å². The van der Waals surface area contributed by atoms with Crippen molar-refractivity contribution in [2.24, 2.45) is 0 Å². The minimum atomic E-state index is -0.371. The molecule has 0 aliphatic carbocycles. The second-order valence-electron chi connectivity index (χ2n) is 4.58. The van der Waals surface area contributed by atoms with Gasteiger partial charge in [-0.05, 0) is 25.0 Å². The Morgan fingerprint density at radius 1 is 1.30 bits per heavy atom. The molecule has 0 saturated heterocycles. The van der Waals surface area contributed by atoms with Crippen LogP contribution in [0.4, 0.5) is 5.69 Å². The van der Waals surface area contributed by atoms with Gasteiger partial charge in [0, 0.05) is 16.1 Å². The Balaban J connectivity index is 2.30. The second-order valence-corrected chi connectivity index (χ2v) is 5.96. The maximum atomic E-state index is 11.0. The topological polar surface area (TPSA) is 43.1 Å². The summed E-state index contributed by atoms with van der Waals surface area (Å²) < 4.78 is 0.918. The molecule has 2 aromatic carbocycles. The highest BCUT2D eigenvalue weighted by atomic mass is 79.9. The van der Waals surface area contributed by atoms with Crippen LogP contribution in [0.3, 0.4) is 0 Å². The maximum Gasteiger partial charge on any atom is 0.272 e. The summed E-state index contributed by atoms with van der Waals surface area (Å²) in [5.74, 6) is 0. The van der Waals surface area contributed by atoms with Crippen LogP contribution in [0, 0.1) is 17.0 Å². The van der Waals surface area contributed by atoms with Gasteiger partial charge in [-0.15, -0.1) is 11.6 Å². The van der Waals surface area contributed by atoms with Gasteiger partial charge in [-0.1, -0.05) is 51.8 Å². The highest BCUT2D eigenvalue weighted by Crippen LogP contribution is 2.33. The van der Waals surface area contributed by atoms with Gasteiger partial charge in [-0.3, -0.25) is 10.1 Å². The number of rotatable bonds is 4. The molecule has 5 heteroatoms. The summed E-state index contributed by atoms with van der Waals surface area (Å²) in [5, 5.41) is 10.7. The van der Waals surface area contributed by atoms with E-state index >= 15 is 0 Å². The lowest BCUT2D eigenvalue weighted by atomic mass is 10.0. The summed E-state index contributed by atoms with van der Waals surface area (Å²) >= 11 is 9.92. The Bertz CT molecular complexity index is 646. The number of alkyl halides is 1. The molecule has 104 valence electrons. The Kier molecular flexibility index (Phi) is 4.78. The van der Waals surface area contributed by atoms with E-state index in [2.05, 4.69) is 15.9 Å². The first-order chi connectivity index (χ1) is 9.49. The molecule has 0 bridgehead atoms. The minimum Gasteiger partial charge on any atom is -0.258 e. The lowest BCUT2D eigenvalue weighted by molar-refractivity contribution is -0.385. The third-order valence-electron chi connectivity index (χ3n) is 3.08. The molecule has 0 saturated carbocycles.